The van der Waals surface area contributed by atoms with E-state index in [9.17, 15) is 0 Å². The molecule has 0 saturated heterocycles. The Bertz CT molecular complexity index is 302. The van der Waals surface area contributed by atoms with Crippen LogP contribution in [0.1, 0.15) is 10.9 Å². The van der Waals surface area contributed by atoms with E-state index in [1.807, 2.05) is 36.2 Å². The van der Waals surface area contributed by atoms with E-state index in [4.69, 9.17) is 21.4 Å². The Morgan fingerprint density at radius 2 is 2.00 bits per heavy atom. The summed E-state index contributed by atoms with van der Waals surface area (Å²) in [6.07, 6.45) is 0. The lowest BCUT2D eigenvalue weighted by Gasteiger charge is -2.19. The summed E-state index contributed by atoms with van der Waals surface area (Å²) in [5.41, 5.74) is 1.06. The maximum atomic E-state index is 8.79. The highest BCUT2D eigenvalue weighted by Crippen LogP contribution is 2.23. The van der Waals surface area contributed by atoms with Crippen LogP contribution >= 0.6 is 11.6 Å². The number of nitrogens with zero attached hydrogens (tertiary/aromatic N) is 1. The zero-order valence-corrected chi connectivity index (χ0v) is 10.4. The molecule has 90 valence electrons. The molecule has 4 heteroatoms. The van der Waals surface area contributed by atoms with Gasteiger partial charge in [0, 0.05) is 13.1 Å². The number of rotatable bonds is 6. The van der Waals surface area contributed by atoms with Gasteiger partial charge in [0.05, 0.1) is 19.1 Å². The number of aliphatic hydroxyl groups is 1. The number of likely N-dealkylation sites (N-methyl/N-ethyl adjacent to an activating group) is 1. The fourth-order valence-electron chi connectivity index (χ4n) is 1.45. The summed E-state index contributed by atoms with van der Waals surface area (Å²) < 4.78 is 5.08. The van der Waals surface area contributed by atoms with Crippen molar-refractivity contribution < 1.29 is 9.84 Å². The van der Waals surface area contributed by atoms with E-state index in [-0.39, 0.29) is 12.0 Å². The molecule has 0 aromatic heterocycles. The van der Waals surface area contributed by atoms with Crippen molar-refractivity contribution in [3.8, 4) is 5.75 Å². The zero-order valence-electron chi connectivity index (χ0n) is 9.69. The van der Waals surface area contributed by atoms with Gasteiger partial charge in [-0.05, 0) is 24.7 Å². The molecule has 1 unspecified atom stereocenters. The molecule has 0 spiro atoms. The Balaban J connectivity index is 2.55. The Labute approximate surface area is 102 Å². The molecule has 16 heavy (non-hydrogen) atoms. The maximum Gasteiger partial charge on any atom is 0.118 e. The second kappa shape index (κ2) is 6.74. The first-order valence-electron chi connectivity index (χ1n) is 5.24. The third kappa shape index (κ3) is 4.00. The van der Waals surface area contributed by atoms with Crippen molar-refractivity contribution in [3.63, 3.8) is 0 Å². The molecular formula is C12H18ClNO2. The van der Waals surface area contributed by atoms with Crippen LogP contribution in [0.15, 0.2) is 24.3 Å². The van der Waals surface area contributed by atoms with Gasteiger partial charge in [0.1, 0.15) is 5.75 Å². The first-order chi connectivity index (χ1) is 7.67. The van der Waals surface area contributed by atoms with Gasteiger partial charge in [0.25, 0.3) is 0 Å². The molecular weight excluding hydrogens is 226 g/mol. The Morgan fingerprint density at radius 1 is 1.38 bits per heavy atom. The molecule has 0 saturated carbocycles. The molecule has 3 nitrogen and oxygen atoms in total. The fourth-order valence-corrected chi connectivity index (χ4v) is 1.83. The van der Waals surface area contributed by atoms with Gasteiger partial charge in [-0.2, -0.15) is 0 Å². The molecule has 0 aliphatic rings. The largest absolute Gasteiger partial charge is 0.497 e. The van der Waals surface area contributed by atoms with Crippen molar-refractivity contribution >= 4 is 11.6 Å². The standard InChI is InChI=1S/C12H18ClNO2/c1-14(7-8-15)9-12(13)10-3-5-11(16-2)6-4-10/h3-6,12,15H,7-9H2,1-2H3. The van der Waals surface area contributed by atoms with Gasteiger partial charge < -0.3 is 14.7 Å². The van der Waals surface area contributed by atoms with Gasteiger partial charge in [-0.3, -0.25) is 0 Å². The lowest BCUT2D eigenvalue weighted by atomic mass is 10.1. The van der Waals surface area contributed by atoms with Crippen LogP contribution in [0.4, 0.5) is 0 Å². The second-order valence-corrected chi connectivity index (χ2v) is 4.25. The van der Waals surface area contributed by atoms with E-state index in [0.29, 0.717) is 13.1 Å². The summed E-state index contributed by atoms with van der Waals surface area (Å²) in [6, 6.07) is 7.72. The van der Waals surface area contributed by atoms with Crippen LogP contribution in [-0.2, 0) is 0 Å². The summed E-state index contributed by atoms with van der Waals surface area (Å²) >= 11 is 6.27. The number of aliphatic hydroxyl groups excluding tert-OH is 1. The molecule has 1 aromatic carbocycles. The van der Waals surface area contributed by atoms with Crippen LogP contribution < -0.4 is 4.74 Å². The quantitative estimate of drug-likeness (QED) is 0.775. The van der Waals surface area contributed by atoms with Crippen molar-refractivity contribution in [2.45, 2.75) is 5.38 Å². The molecule has 0 aliphatic carbocycles. The van der Waals surface area contributed by atoms with Crippen LogP contribution in [-0.4, -0.2) is 43.9 Å². The SMILES string of the molecule is COc1ccc(C(Cl)CN(C)CCO)cc1. The summed E-state index contributed by atoms with van der Waals surface area (Å²) in [7, 11) is 3.58. The minimum atomic E-state index is -0.0672. The van der Waals surface area contributed by atoms with Gasteiger partial charge in [-0.15, -0.1) is 11.6 Å². The normalized spacial score (nSPS) is 12.8. The topological polar surface area (TPSA) is 32.7 Å². The number of ether oxygens (including phenoxy) is 1. The molecule has 1 N–H and O–H groups in total. The van der Waals surface area contributed by atoms with Crippen molar-refractivity contribution in [3.05, 3.63) is 29.8 Å². The molecule has 0 aliphatic heterocycles. The first-order valence-corrected chi connectivity index (χ1v) is 5.68. The lowest BCUT2D eigenvalue weighted by molar-refractivity contribution is 0.221. The Morgan fingerprint density at radius 3 is 2.50 bits per heavy atom. The van der Waals surface area contributed by atoms with Crippen LogP contribution in [0.2, 0.25) is 0 Å². The lowest BCUT2D eigenvalue weighted by Crippen LogP contribution is -2.25. The van der Waals surface area contributed by atoms with Crippen molar-refractivity contribution in [1.29, 1.82) is 0 Å². The number of hydrogen-bond donors (Lipinski definition) is 1. The zero-order chi connectivity index (χ0) is 12.0. The van der Waals surface area contributed by atoms with Crippen LogP contribution in [0.25, 0.3) is 0 Å². The number of alkyl halides is 1. The third-order valence-electron chi connectivity index (χ3n) is 2.43. The van der Waals surface area contributed by atoms with Gasteiger partial charge >= 0.3 is 0 Å². The molecule has 0 fully saturated rings. The Kier molecular flexibility index (Phi) is 5.60. The molecule has 0 amide bonds. The van der Waals surface area contributed by atoms with Gasteiger partial charge in [0.15, 0.2) is 0 Å². The summed E-state index contributed by atoms with van der Waals surface area (Å²) in [5, 5.41) is 8.72. The van der Waals surface area contributed by atoms with Crippen molar-refractivity contribution in [2.75, 3.05) is 33.9 Å². The number of hydrogen-bond acceptors (Lipinski definition) is 3. The average molecular weight is 244 g/mol. The molecule has 1 aromatic rings. The highest BCUT2D eigenvalue weighted by Gasteiger charge is 2.10. The predicted octanol–water partition coefficient (Wildman–Crippen LogP) is 1.90. The highest BCUT2D eigenvalue weighted by atomic mass is 35.5. The number of benzene rings is 1. The van der Waals surface area contributed by atoms with Gasteiger partial charge in [-0.25, -0.2) is 0 Å². The van der Waals surface area contributed by atoms with Gasteiger partial charge in [-0.1, -0.05) is 12.1 Å². The smallest absolute Gasteiger partial charge is 0.118 e. The minimum Gasteiger partial charge on any atom is -0.497 e. The number of halogens is 1. The minimum absolute atomic E-state index is 0.0672. The first kappa shape index (κ1) is 13.3. The third-order valence-corrected chi connectivity index (χ3v) is 2.82. The monoisotopic (exact) mass is 243 g/mol. The second-order valence-electron chi connectivity index (χ2n) is 3.73. The molecule has 0 bridgehead atoms. The van der Waals surface area contributed by atoms with Crippen molar-refractivity contribution in [2.24, 2.45) is 0 Å². The highest BCUT2D eigenvalue weighted by molar-refractivity contribution is 6.21. The summed E-state index contributed by atoms with van der Waals surface area (Å²) in [4.78, 5) is 2.00. The van der Waals surface area contributed by atoms with E-state index in [1.165, 1.54) is 0 Å². The molecule has 1 rings (SSSR count). The summed E-state index contributed by atoms with van der Waals surface area (Å²) in [5.74, 6) is 0.830. The predicted molar refractivity (Wildman–Crippen MR) is 66.2 cm³/mol. The maximum absolute atomic E-state index is 8.79. The van der Waals surface area contributed by atoms with E-state index >= 15 is 0 Å². The number of methoxy groups -OCH3 is 1. The van der Waals surface area contributed by atoms with Crippen LogP contribution in [0, 0.1) is 0 Å². The summed E-state index contributed by atoms with van der Waals surface area (Å²) in [6.45, 7) is 1.51. The van der Waals surface area contributed by atoms with Crippen LogP contribution in [0.5, 0.6) is 5.75 Å². The Hall–Kier alpha value is -0.770. The van der Waals surface area contributed by atoms with Gasteiger partial charge in [0.2, 0.25) is 0 Å². The molecule has 1 atom stereocenters. The van der Waals surface area contributed by atoms with Crippen LogP contribution in [0.3, 0.4) is 0 Å². The van der Waals surface area contributed by atoms with E-state index in [2.05, 4.69) is 0 Å². The molecule has 0 radical (unpaired) electrons. The van der Waals surface area contributed by atoms with E-state index in [1.54, 1.807) is 7.11 Å². The van der Waals surface area contributed by atoms with E-state index < -0.39 is 0 Å². The molecule has 0 heterocycles. The van der Waals surface area contributed by atoms with E-state index in [0.717, 1.165) is 11.3 Å². The fraction of sp³-hybridized carbons (Fsp3) is 0.500. The van der Waals surface area contributed by atoms with Crippen molar-refractivity contribution in [1.82, 2.24) is 4.90 Å². The average Bonchev–Trinajstić information content (AvgIpc) is 2.29.